The Labute approximate surface area is 148 Å². The lowest BCUT2D eigenvalue weighted by Gasteiger charge is -2.35. The van der Waals surface area contributed by atoms with Crippen molar-refractivity contribution in [1.29, 1.82) is 0 Å². The van der Waals surface area contributed by atoms with Crippen LogP contribution in [0.4, 0.5) is 0 Å². The summed E-state index contributed by atoms with van der Waals surface area (Å²) in [7, 11) is -3.48. The molecule has 0 bridgehead atoms. The molecule has 134 valence electrons. The van der Waals surface area contributed by atoms with Crippen LogP contribution in [0.25, 0.3) is 0 Å². The summed E-state index contributed by atoms with van der Waals surface area (Å²) in [6, 6.07) is 7.80. The highest BCUT2D eigenvalue weighted by Crippen LogP contribution is 2.29. The standard InChI is InChI=1S/C17H26N2O3S2/c1-4-23-15-7-5-14(6-8-15)13(2)19-16(20)17(24(3,21)22)9-11-18-12-10-17/h5-8,13,18H,4,9-12H2,1-3H3,(H,19,20). The molecule has 1 aromatic rings. The molecule has 1 heterocycles. The Hall–Kier alpha value is -1.05. The van der Waals surface area contributed by atoms with Gasteiger partial charge >= 0.3 is 0 Å². The van der Waals surface area contributed by atoms with E-state index < -0.39 is 14.6 Å². The number of sulfone groups is 1. The van der Waals surface area contributed by atoms with Crippen molar-refractivity contribution >= 4 is 27.5 Å². The van der Waals surface area contributed by atoms with Crippen molar-refractivity contribution in [2.75, 3.05) is 25.1 Å². The van der Waals surface area contributed by atoms with Crippen molar-refractivity contribution in [3.8, 4) is 0 Å². The third kappa shape index (κ3) is 4.13. The Bertz CT molecular complexity index is 666. The van der Waals surface area contributed by atoms with Gasteiger partial charge in [0.05, 0.1) is 6.04 Å². The van der Waals surface area contributed by atoms with Crippen LogP contribution in [-0.4, -0.2) is 44.2 Å². The van der Waals surface area contributed by atoms with Crippen LogP contribution in [-0.2, 0) is 14.6 Å². The largest absolute Gasteiger partial charge is 0.348 e. The van der Waals surface area contributed by atoms with Crippen LogP contribution in [0.5, 0.6) is 0 Å². The quantitative estimate of drug-likeness (QED) is 0.751. The molecule has 0 saturated carbocycles. The molecule has 1 aliphatic rings. The van der Waals surface area contributed by atoms with Gasteiger partial charge in [-0.25, -0.2) is 8.42 Å². The highest BCUT2D eigenvalue weighted by molar-refractivity contribution is 7.99. The zero-order valence-corrected chi connectivity index (χ0v) is 16.1. The highest BCUT2D eigenvalue weighted by Gasteiger charge is 2.48. The smallest absolute Gasteiger partial charge is 0.242 e. The van der Waals surface area contributed by atoms with Crippen LogP contribution in [0.3, 0.4) is 0 Å². The molecule has 1 fully saturated rings. The van der Waals surface area contributed by atoms with Crippen molar-refractivity contribution in [3.05, 3.63) is 29.8 Å². The molecule has 0 aliphatic carbocycles. The van der Waals surface area contributed by atoms with E-state index in [9.17, 15) is 13.2 Å². The van der Waals surface area contributed by atoms with E-state index in [4.69, 9.17) is 0 Å². The minimum absolute atomic E-state index is 0.230. The number of nitrogens with one attached hydrogen (secondary N) is 2. The number of hydrogen-bond donors (Lipinski definition) is 2. The van der Waals surface area contributed by atoms with E-state index in [1.807, 2.05) is 31.2 Å². The predicted octanol–water partition coefficient (Wildman–Crippen LogP) is 2.14. The van der Waals surface area contributed by atoms with E-state index in [0.717, 1.165) is 11.3 Å². The van der Waals surface area contributed by atoms with Gasteiger partial charge < -0.3 is 10.6 Å². The second kappa shape index (κ2) is 7.89. The molecule has 5 nitrogen and oxygen atoms in total. The summed E-state index contributed by atoms with van der Waals surface area (Å²) in [6.45, 7) is 5.07. The Morgan fingerprint density at radius 1 is 1.29 bits per heavy atom. The minimum atomic E-state index is -3.48. The van der Waals surface area contributed by atoms with Crippen LogP contribution in [0, 0.1) is 0 Å². The van der Waals surface area contributed by atoms with Gasteiger partial charge in [-0.15, -0.1) is 11.8 Å². The lowest BCUT2D eigenvalue weighted by atomic mass is 9.95. The fourth-order valence-corrected chi connectivity index (χ4v) is 5.03. The Morgan fingerprint density at radius 3 is 2.38 bits per heavy atom. The minimum Gasteiger partial charge on any atom is -0.348 e. The molecule has 0 spiro atoms. The van der Waals surface area contributed by atoms with E-state index in [0.29, 0.717) is 25.9 Å². The molecular formula is C17H26N2O3S2. The van der Waals surface area contributed by atoms with E-state index in [1.165, 1.54) is 11.2 Å². The zero-order valence-electron chi connectivity index (χ0n) is 14.5. The second-order valence-electron chi connectivity index (χ2n) is 6.21. The van der Waals surface area contributed by atoms with Gasteiger partial charge in [0.15, 0.2) is 14.6 Å². The summed E-state index contributed by atoms with van der Waals surface area (Å²) < 4.78 is 23.3. The van der Waals surface area contributed by atoms with E-state index in [2.05, 4.69) is 17.6 Å². The molecular weight excluding hydrogens is 344 g/mol. The summed E-state index contributed by atoms with van der Waals surface area (Å²) >= 11 is 1.76. The van der Waals surface area contributed by atoms with E-state index >= 15 is 0 Å². The molecule has 1 unspecified atom stereocenters. The number of rotatable bonds is 6. The number of amides is 1. The molecule has 7 heteroatoms. The van der Waals surface area contributed by atoms with Crippen LogP contribution >= 0.6 is 11.8 Å². The van der Waals surface area contributed by atoms with Gasteiger partial charge in [-0.05, 0) is 56.3 Å². The van der Waals surface area contributed by atoms with Crippen molar-refractivity contribution in [1.82, 2.24) is 10.6 Å². The lowest BCUT2D eigenvalue weighted by Crippen LogP contribution is -2.57. The van der Waals surface area contributed by atoms with Gasteiger partial charge in [0.25, 0.3) is 0 Å². The zero-order chi connectivity index (χ0) is 17.8. The van der Waals surface area contributed by atoms with Crippen LogP contribution in [0.2, 0.25) is 0 Å². The Kier molecular flexibility index (Phi) is 6.33. The maximum Gasteiger partial charge on any atom is 0.242 e. The fourth-order valence-electron chi connectivity index (χ4n) is 3.03. The number of carbonyl (C=O) groups excluding carboxylic acids is 1. The fraction of sp³-hybridized carbons (Fsp3) is 0.588. The van der Waals surface area contributed by atoms with Gasteiger partial charge in [-0.3, -0.25) is 4.79 Å². The van der Waals surface area contributed by atoms with Crippen molar-refractivity contribution in [2.24, 2.45) is 0 Å². The number of carbonyl (C=O) groups is 1. The monoisotopic (exact) mass is 370 g/mol. The van der Waals surface area contributed by atoms with Gasteiger partial charge in [0.1, 0.15) is 0 Å². The average Bonchev–Trinajstić information content (AvgIpc) is 2.55. The van der Waals surface area contributed by atoms with Crippen molar-refractivity contribution < 1.29 is 13.2 Å². The molecule has 1 saturated heterocycles. The lowest BCUT2D eigenvalue weighted by molar-refractivity contribution is -0.125. The van der Waals surface area contributed by atoms with E-state index in [-0.39, 0.29) is 11.9 Å². The number of benzene rings is 1. The molecule has 0 radical (unpaired) electrons. The van der Waals surface area contributed by atoms with Crippen molar-refractivity contribution in [3.63, 3.8) is 0 Å². The van der Waals surface area contributed by atoms with Crippen molar-refractivity contribution in [2.45, 2.75) is 42.4 Å². The topological polar surface area (TPSA) is 75.3 Å². The first-order valence-corrected chi connectivity index (χ1v) is 11.1. The second-order valence-corrected chi connectivity index (χ2v) is 9.88. The summed E-state index contributed by atoms with van der Waals surface area (Å²) in [6.07, 6.45) is 1.80. The van der Waals surface area contributed by atoms with Crippen LogP contribution in [0.15, 0.2) is 29.2 Å². The number of thioether (sulfide) groups is 1. The maximum absolute atomic E-state index is 12.8. The third-order valence-corrected chi connectivity index (χ3v) is 7.48. The Morgan fingerprint density at radius 2 is 1.88 bits per heavy atom. The first-order valence-electron chi connectivity index (χ1n) is 8.24. The summed E-state index contributed by atoms with van der Waals surface area (Å²) in [5.74, 6) is 0.627. The summed E-state index contributed by atoms with van der Waals surface area (Å²) in [4.78, 5) is 14.0. The first kappa shape index (κ1) is 19.3. The molecule has 2 rings (SSSR count). The molecule has 0 aromatic heterocycles. The van der Waals surface area contributed by atoms with Gasteiger partial charge in [0.2, 0.25) is 5.91 Å². The number of hydrogen-bond acceptors (Lipinski definition) is 5. The molecule has 1 aromatic carbocycles. The first-order chi connectivity index (χ1) is 11.3. The summed E-state index contributed by atoms with van der Waals surface area (Å²) in [5, 5.41) is 6.03. The summed E-state index contributed by atoms with van der Waals surface area (Å²) in [5.41, 5.74) is 0.974. The van der Waals surface area contributed by atoms with Gasteiger partial charge in [-0.2, -0.15) is 0 Å². The maximum atomic E-state index is 12.8. The average molecular weight is 371 g/mol. The normalized spacial score (nSPS) is 18.8. The number of piperidine rings is 1. The highest BCUT2D eigenvalue weighted by atomic mass is 32.2. The molecule has 1 aliphatic heterocycles. The van der Waals surface area contributed by atoms with E-state index in [1.54, 1.807) is 11.8 Å². The van der Waals surface area contributed by atoms with Gasteiger partial charge in [-0.1, -0.05) is 19.1 Å². The molecule has 24 heavy (non-hydrogen) atoms. The SMILES string of the molecule is CCSc1ccc(C(C)NC(=O)C2(S(C)(=O)=O)CCNCC2)cc1. The predicted molar refractivity (Wildman–Crippen MR) is 99.1 cm³/mol. The van der Waals surface area contributed by atoms with Gasteiger partial charge in [0, 0.05) is 11.2 Å². The van der Waals surface area contributed by atoms with Crippen LogP contribution < -0.4 is 10.6 Å². The third-order valence-electron chi connectivity index (χ3n) is 4.57. The molecule has 1 atom stereocenters. The Balaban J connectivity index is 2.14. The molecule has 1 amide bonds. The van der Waals surface area contributed by atoms with Crippen LogP contribution in [0.1, 0.15) is 38.3 Å². The molecule has 2 N–H and O–H groups in total.